The number of hydrogen-bond acceptors (Lipinski definition) is 7. The molecule has 3 aromatic rings. The molecular formula is C25H32N8O3S. The summed E-state index contributed by atoms with van der Waals surface area (Å²) in [5.41, 5.74) is 2.29. The zero-order chi connectivity index (χ0) is 25.8. The number of aromatic nitrogens is 5. The Morgan fingerprint density at radius 2 is 1.78 bits per heavy atom. The van der Waals surface area contributed by atoms with E-state index < -0.39 is 17.3 Å². The third-order valence-electron chi connectivity index (χ3n) is 6.87. The van der Waals surface area contributed by atoms with Gasteiger partial charge in [-0.25, -0.2) is 4.98 Å². The number of carbonyl (C=O) groups excluding carboxylic acids is 2. The molecule has 1 unspecified atom stereocenters. The van der Waals surface area contributed by atoms with Gasteiger partial charge < -0.3 is 15.2 Å². The first-order valence-corrected chi connectivity index (χ1v) is 14.3. The maximum atomic E-state index is 13.2. The van der Waals surface area contributed by atoms with Gasteiger partial charge in [0.15, 0.2) is 5.69 Å². The highest BCUT2D eigenvalue weighted by atomic mass is 32.2. The van der Waals surface area contributed by atoms with Crippen molar-refractivity contribution < 1.29 is 14.1 Å². The molecule has 2 N–H and O–H groups in total. The van der Waals surface area contributed by atoms with Gasteiger partial charge in [-0.15, -0.1) is 4.31 Å². The van der Waals surface area contributed by atoms with Gasteiger partial charge in [-0.1, -0.05) is 18.9 Å². The Morgan fingerprint density at radius 3 is 2.59 bits per heavy atom. The number of amides is 2. The summed E-state index contributed by atoms with van der Waals surface area (Å²) in [7, 11) is 0. The van der Waals surface area contributed by atoms with Crippen molar-refractivity contribution in [1.29, 1.82) is 0 Å². The van der Waals surface area contributed by atoms with E-state index in [1.54, 1.807) is 35.5 Å². The zero-order valence-corrected chi connectivity index (χ0v) is 21.7. The van der Waals surface area contributed by atoms with Crippen LogP contribution in [0.2, 0.25) is 0 Å². The van der Waals surface area contributed by atoms with E-state index in [2.05, 4.69) is 25.8 Å². The van der Waals surface area contributed by atoms with Gasteiger partial charge in [0.05, 0.1) is 23.6 Å². The van der Waals surface area contributed by atoms with Crippen molar-refractivity contribution in [2.45, 2.75) is 51.1 Å². The number of nitrogens with zero attached hydrogens (tertiary/aromatic N) is 6. The maximum absolute atomic E-state index is 13.2. The molecule has 5 heterocycles. The van der Waals surface area contributed by atoms with E-state index in [-0.39, 0.29) is 23.3 Å². The SMILES string of the molecule is C[S+]([O-])N1CCC(n2cc3c(n2)C(=O)NCCCCCCn2cc(cn2)-c2cccc(n2)C(=O)N3)CC1. The summed E-state index contributed by atoms with van der Waals surface area (Å²) in [5, 5.41) is 14.9. The molecule has 0 spiro atoms. The maximum Gasteiger partial charge on any atom is 0.274 e. The monoisotopic (exact) mass is 524 g/mol. The lowest BCUT2D eigenvalue weighted by atomic mass is 10.1. The molecule has 11 nitrogen and oxygen atoms in total. The first-order chi connectivity index (χ1) is 18.0. The van der Waals surface area contributed by atoms with E-state index in [4.69, 9.17) is 0 Å². The average molecular weight is 525 g/mol. The Labute approximate surface area is 218 Å². The highest BCUT2D eigenvalue weighted by molar-refractivity contribution is 7.88. The van der Waals surface area contributed by atoms with E-state index in [0.29, 0.717) is 31.0 Å². The second-order valence-electron chi connectivity index (χ2n) is 9.48. The van der Waals surface area contributed by atoms with Crippen molar-refractivity contribution in [2.24, 2.45) is 0 Å². The first-order valence-electron chi connectivity index (χ1n) is 12.7. The Bertz CT molecular complexity index is 1250. The Balaban J connectivity index is 1.42. The average Bonchev–Trinajstić information content (AvgIpc) is 3.55. The number of piperidine rings is 1. The van der Waals surface area contributed by atoms with Gasteiger partial charge in [0.2, 0.25) is 0 Å². The Hall–Kier alpha value is -3.22. The lowest BCUT2D eigenvalue weighted by Crippen LogP contribution is -2.38. The van der Waals surface area contributed by atoms with Crippen LogP contribution in [-0.2, 0) is 17.9 Å². The normalized spacial score (nSPS) is 19.3. The molecule has 1 saturated heterocycles. The van der Waals surface area contributed by atoms with Gasteiger partial charge >= 0.3 is 0 Å². The van der Waals surface area contributed by atoms with Crippen LogP contribution in [0, 0.1) is 0 Å². The zero-order valence-electron chi connectivity index (χ0n) is 20.9. The van der Waals surface area contributed by atoms with Crippen LogP contribution >= 0.6 is 0 Å². The quantitative estimate of drug-likeness (QED) is 0.492. The van der Waals surface area contributed by atoms with E-state index in [0.717, 1.165) is 50.6 Å². The highest BCUT2D eigenvalue weighted by Gasteiger charge is 2.28. The molecule has 3 aromatic heterocycles. The van der Waals surface area contributed by atoms with E-state index in [9.17, 15) is 14.1 Å². The molecule has 37 heavy (non-hydrogen) atoms. The standard InChI is InChI=1S/C25H32N8O3S/c1-37(36)32-13-9-19(10-14-32)33-17-22-23(30-33)25(35)26-11-4-2-3-5-12-31-16-18(15-27-31)20-7-6-8-21(28-20)24(34)29-22/h6-8,15-17,19H,2-5,9-14H2,1H3,(H,26,35)(H,29,34). The van der Waals surface area contributed by atoms with Gasteiger partial charge in [-0.05, 0) is 37.8 Å². The summed E-state index contributed by atoms with van der Waals surface area (Å²) in [4.78, 5) is 30.8. The number of anilines is 1. The van der Waals surface area contributed by atoms with Crippen LogP contribution in [0.3, 0.4) is 0 Å². The predicted octanol–water partition coefficient (Wildman–Crippen LogP) is 2.63. The summed E-state index contributed by atoms with van der Waals surface area (Å²) in [5.74, 6) is -0.730. The molecule has 2 amide bonds. The van der Waals surface area contributed by atoms with Crippen LogP contribution in [-0.4, -0.2) is 71.1 Å². The summed E-state index contributed by atoms with van der Waals surface area (Å²) in [6.07, 6.45) is 12.5. The van der Waals surface area contributed by atoms with Crippen LogP contribution in [0.1, 0.15) is 65.5 Å². The van der Waals surface area contributed by atoms with Gasteiger partial charge in [-0.2, -0.15) is 10.2 Å². The molecule has 1 fully saturated rings. The fourth-order valence-electron chi connectivity index (χ4n) is 4.77. The summed E-state index contributed by atoms with van der Waals surface area (Å²) < 4.78 is 17.4. The smallest absolute Gasteiger partial charge is 0.274 e. The fourth-order valence-corrected chi connectivity index (χ4v) is 5.49. The number of rotatable bonds is 2. The van der Waals surface area contributed by atoms with Crippen LogP contribution in [0.4, 0.5) is 5.69 Å². The molecule has 2 aliphatic rings. The minimum atomic E-state index is -1.01. The van der Waals surface area contributed by atoms with Crippen molar-refractivity contribution in [3.63, 3.8) is 0 Å². The molecule has 0 radical (unpaired) electrons. The lowest BCUT2D eigenvalue weighted by Gasteiger charge is -2.30. The fraction of sp³-hybridized carbons (Fsp3) is 0.480. The topological polar surface area (TPSA) is 133 Å². The molecule has 0 saturated carbocycles. The summed E-state index contributed by atoms with van der Waals surface area (Å²) in [6, 6.07) is 5.33. The molecular weight excluding hydrogens is 492 g/mol. The highest BCUT2D eigenvalue weighted by Crippen LogP contribution is 2.27. The van der Waals surface area contributed by atoms with E-state index >= 15 is 0 Å². The number of aryl methyl sites for hydroxylation is 1. The Morgan fingerprint density at radius 1 is 1.00 bits per heavy atom. The molecule has 4 bridgehead atoms. The van der Waals surface area contributed by atoms with E-state index in [1.165, 1.54) is 0 Å². The molecule has 5 rings (SSSR count). The summed E-state index contributed by atoms with van der Waals surface area (Å²) >= 11 is -1.01. The number of hydrogen-bond donors (Lipinski definition) is 2. The molecule has 2 aliphatic heterocycles. The van der Waals surface area contributed by atoms with Gasteiger partial charge in [0.25, 0.3) is 11.8 Å². The second-order valence-corrected chi connectivity index (χ2v) is 10.8. The largest absolute Gasteiger partial charge is 0.598 e. The third-order valence-corrected chi connectivity index (χ3v) is 7.96. The number of nitrogens with one attached hydrogen (secondary N) is 2. The molecule has 12 heteroatoms. The number of pyridine rings is 1. The lowest BCUT2D eigenvalue weighted by molar-refractivity contribution is 0.0947. The van der Waals surface area contributed by atoms with Gasteiger partial charge in [0.1, 0.15) is 11.9 Å². The predicted molar refractivity (Wildman–Crippen MR) is 140 cm³/mol. The number of carbonyl (C=O) groups is 2. The molecule has 196 valence electrons. The minimum absolute atomic E-state index is 0.0524. The van der Waals surface area contributed by atoms with Crippen molar-refractivity contribution in [1.82, 2.24) is 34.2 Å². The van der Waals surface area contributed by atoms with Crippen LogP contribution < -0.4 is 10.6 Å². The number of fused-ring (bicyclic) bond motifs is 6. The first kappa shape index (κ1) is 25.4. The molecule has 0 aliphatic carbocycles. The van der Waals surface area contributed by atoms with Gasteiger partial charge in [-0.3, -0.25) is 19.0 Å². The Kier molecular flexibility index (Phi) is 7.87. The van der Waals surface area contributed by atoms with Crippen LogP contribution in [0.25, 0.3) is 11.3 Å². The molecule has 1 atom stereocenters. The second kappa shape index (κ2) is 11.4. The van der Waals surface area contributed by atoms with Gasteiger partial charge in [0, 0.05) is 55.5 Å². The van der Waals surface area contributed by atoms with Crippen molar-refractivity contribution in [3.8, 4) is 11.3 Å². The van der Waals surface area contributed by atoms with Crippen LogP contribution in [0.5, 0.6) is 0 Å². The van der Waals surface area contributed by atoms with Crippen molar-refractivity contribution >= 4 is 28.9 Å². The van der Waals surface area contributed by atoms with Crippen LogP contribution in [0.15, 0.2) is 36.8 Å². The van der Waals surface area contributed by atoms with Crippen molar-refractivity contribution in [3.05, 3.63) is 48.2 Å². The molecule has 0 aromatic carbocycles. The summed E-state index contributed by atoms with van der Waals surface area (Å²) in [6.45, 7) is 2.71. The van der Waals surface area contributed by atoms with Crippen molar-refractivity contribution in [2.75, 3.05) is 31.2 Å². The van der Waals surface area contributed by atoms with E-state index in [1.807, 2.05) is 21.3 Å². The minimum Gasteiger partial charge on any atom is -0.598 e. The third kappa shape index (κ3) is 6.03.